The van der Waals surface area contributed by atoms with Crippen molar-refractivity contribution in [2.45, 2.75) is 25.9 Å². The maximum absolute atomic E-state index is 13.0. The molecule has 0 spiro atoms. The largest absolute Gasteiger partial charge is 0.456 e. The lowest BCUT2D eigenvalue weighted by Gasteiger charge is -2.17. The van der Waals surface area contributed by atoms with Crippen molar-refractivity contribution in [3.05, 3.63) is 81.9 Å². The maximum Gasteiger partial charge on any atom is 0.416 e. The Morgan fingerprint density at radius 3 is 1.73 bits per heavy atom. The van der Waals surface area contributed by atoms with E-state index in [9.17, 15) is 22.8 Å². The Bertz CT molecular complexity index is 1260. The molecule has 6 heteroatoms. The molecule has 3 nitrogen and oxygen atoms in total. The summed E-state index contributed by atoms with van der Waals surface area (Å²) in [5.41, 5.74) is 4.36. The molecule has 150 valence electrons. The second kappa shape index (κ2) is 6.05. The number of ketones is 2. The van der Waals surface area contributed by atoms with Crippen LogP contribution in [-0.4, -0.2) is 11.6 Å². The van der Waals surface area contributed by atoms with Crippen LogP contribution in [0.4, 0.5) is 13.2 Å². The second-order valence-corrected chi connectivity index (χ2v) is 7.67. The van der Waals surface area contributed by atoms with Crippen molar-refractivity contribution >= 4 is 22.7 Å². The fourth-order valence-corrected chi connectivity index (χ4v) is 4.46. The fraction of sp³-hybridized carbons (Fsp3) is 0.167. The molecule has 0 atom stereocenters. The summed E-state index contributed by atoms with van der Waals surface area (Å²) in [5.74, 6) is -1.44. The Labute approximate surface area is 169 Å². The third-order valence-corrected chi connectivity index (χ3v) is 5.79. The molecular formula is C24H15F3O3. The highest BCUT2D eigenvalue weighted by molar-refractivity contribution is 6.35. The number of hydrogen-bond acceptors (Lipinski definition) is 3. The zero-order chi connectivity index (χ0) is 21.4. The summed E-state index contributed by atoms with van der Waals surface area (Å²) < 4.78 is 43.9. The van der Waals surface area contributed by atoms with E-state index in [1.54, 1.807) is 24.3 Å². The molecule has 2 bridgehead atoms. The molecule has 4 aromatic rings. The molecule has 1 aliphatic rings. The first kappa shape index (κ1) is 18.6. The van der Waals surface area contributed by atoms with E-state index in [2.05, 4.69) is 0 Å². The minimum absolute atomic E-state index is 0.266. The van der Waals surface area contributed by atoms with Crippen LogP contribution in [0.5, 0.6) is 0 Å². The molecule has 30 heavy (non-hydrogen) atoms. The van der Waals surface area contributed by atoms with Crippen LogP contribution in [0, 0.1) is 13.8 Å². The van der Waals surface area contributed by atoms with E-state index >= 15 is 0 Å². The number of carbonyl (C=O) groups is 2. The molecule has 2 heterocycles. The van der Waals surface area contributed by atoms with Crippen LogP contribution in [0.25, 0.3) is 22.3 Å². The standard InChI is InChI=1S/C24H15F3O3/c1-11-9-14(13-3-5-15(6-4-13)24(25,26)27)10-12(2)18(11)21-22(28)19-16-7-8-17(30-16)20(19)23(21)29/h3-10,21H,1-2H3. The molecule has 0 saturated carbocycles. The van der Waals surface area contributed by atoms with Crippen LogP contribution >= 0.6 is 0 Å². The molecule has 0 unspecified atom stereocenters. The van der Waals surface area contributed by atoms with Crippen LogP contribution in [-0.2, 0) is 6.18 Å². The van der Waals surface area contributed by atoms with Gasteiger partial charge in [-0.1, -0.05) is 24.3 Å². The smallest absolute Gasteiger partial charge is 0.416 e. The van der Waals surface area contributed by atoms with Crippen LogP contribution in [0.15, 0.2) is 52.9 Å². The number of fused-ring (bicyclic) bond motifs is 5. The molecule has 0 amide bonds. The Hall–Kier alpha value is -3.41. The summed E-state index contributed by atoms with van der Waals surface area (Å²) in [7, 11) is 0. The molecule has 2 aromatic carbocycles. The number of Topliss-reactive ketones (excluding diaryl/α,β-unsaturated/α-hetero) is 2. The Morgan fingerprint density at radius 2 is 1.27 bits per heavy atom. The Morgan fingerprint density at radius 1 is 0.767 bits per heavy atom. The number of furan rings is 2. The second-order valence-electron chi connectivity index (χ2n) is 7.67. The van der Waals surface area contributed by atoms with Gasteiger partial charge in [0.1, 0.15) is 17.1 Å². The molecule has 0 fully saturated rings. The highest BCUT2D eigenvalue weighted by Crippen LogP contribution is 2.44. The van der Waals surface area contributed by atoms with Gasteiger partial charge in [-0.2, -0.15) is 13.2 Å². The van der Waals surface area contributed by atoms with Gasteiger partial charge in [-0.3, -0.25) is 9.59 Å². The van der Waals surface area contributed by atoms with Crippen molar-refractivity contribution in [2.24, 2.45) is 0 Å². The monoisotopic (exact) mass is 408 g/mol. The molecule has 2 aromatic heterocycles. The Kier molecular flexibility index (Phi) is 3.75. The third kappa shape index (κ3) is 2.53. The lowest BCUT2D eigenvalue weighted by Crippen LogP contribution is -2.16. The van der Waals surface area contributed by atoms with Crippen molar-refractivity contribution in [1.82, 2.24) is 0 Å². The summed E-state index contributed by atoms with van der Waals surface area (Å²) in [6.45, 7) is 3.62. The lowest BCUT2D eigenvalue weighted by molar-refractivity contribution is -0.137. The number of aryl methyl sites for hydroxylation is 2. The number of halogens is 3. The summed E-state index contributed by atoms with van der Waals surface area (Å²) in [4.78, 5) is 26.1. The average molecular weight is 408 g/mol. The van der Waals surface area contributed by atoms with Crippen LogP contribution in [0.3, 0.4) is 0 Å². The van der Waals surface area contributed by atoms with Gasteiger partial charge in [-0.15, -0.1) is 0 Å². The zero-order valence-corrected chi connectivity index (χ0v) is 16.1. The number of rotatable bonds is 2. The van der Waals surface area contributed by atoms with Gasteiger partial charge in [0.05, 0.1) is 16.7 Å². The van der Waals surface area contributed by atoms with Crippen molar-refractivity contribution in [2.75, 3.05) is 0 Å². The summed E-state index contributed by atoms with van der Waals surface area (Å²) in [5, 5.41) is 0. The van der Waals surface area contributed by atoms with Gasteiger partial charge in [0.25, 0.3) is 0 Å². The minimum Gasteiger partial charge on any atom is -0.456 e. The number of alkyl halides is 3. The van der Waals surface area contributed by atoms with E-state index in [-0.39, 0.29) is 11.6 Å². The summed E-state index contributed by atoms with van der Waals surface area (Å²) in [6, 6.07) is 11.9. The fourth-order valence-electron chi connectivity index (χ4n) is 4.46. The highest BCUT2D eigenvalue weighted by Gasteiger charge is 2.45. The molecule has 0 radical (unpaired) electrons. The summed E-state index contributed by atoms with van der Waals surface area (Å²) >= 11 is 0. The molecule has 1 aliphatic carbocycles. The van der Waals surface area contributed by atoms with Gasteiger partial charge >= 0.3 is 6.18 Å². The van der Waals surface area contributed by atoms with E-state index < -0.39 is 17.7 Å². The predicted octanol–water partition coefficient (Wildman–Crippen LogP) is 6.34. The van der Waals surface area contributed by atoms with E-state index in [1.807, 2.05) is 13.8 Å². The number of benzene rings is 3. The van der Waals surface area contributed by atoms with Gasteiger partial charge in [0.15, 0.2) is 11.6 Å². The van der Waals surface area contributed by atoms with E-state index in [0.717, 1.165) is 28.8 Å². The van der Waals surface area contributed by atoms with Crippen LogP contribution in [0.1, 0.15) is 48.9 Å². The van der Waals surface area contributed by atoms with Crippen LogP contribution in [0.2, 0.25) is 0 Å². The van der Waals surface area contributed by atoms with Gasteiger partial charge < -0.3 is 4.42 Å². The van der Waals surface area contributed by atoms with E-state index in [4.69, 9.17) is 4.42 Å². The Balaban J connectivity index is 1.55. The molecule has 5 rings (SSSR count). The first-order valence-corrected chi connectivity index (χ1v) is 9.39. The third-order valence-electron chi connectivity index (χ3n) is 5.79. The molecule has 0 aliphatic heterocycles. The van der Waals surface area contributed by atoms with E-state index in [1.165, 1.54) is 12.1 Å². The molecule has 0 saturated heterocycles. The maximum atomic E-state index is 13.0. The predicted molar refractivity (Wildman–Crippen MR) is 105 cm³/mol. The van der Waals surface area contributed by atoms with Gasteiger partial charge in [-0.25, -0.2) is 0 Å². The summed E-state index contributed by atoms with van der Waals surface area (Å²) in [6.07, 6.45) is -4.39. The van der Waals surface area contributed by atoms with Crippen molar-refractivity contribution < 1.29 is 27.2 Å². The topological polar surface area (TPSA) is 47.3 Å². The highest BCUT2D eigenvalue weighted by atomic mass is 19.4. The first-order valence-electron chi connectivity index (χ1n) is 9.39. The van der Waals surface area contributed by atoms with Crippen molar-refractivity contribution in [3.63, 3.8) is 0 Å². The normalized spacial score (nSPS) is 14.8. The first-order chi connectivity index (χ1) is 14.2. The van der Waals surface area contributed by atoms with Gasteiger partial charge in [-0.05, 0) is 65.9 Å². The zero-order valence-electron chi connectivity index (χ0n) is 16.1. The lowest BCUT2D eigenvalue weighted by atomic mass is 9.85. The van der Waals surface area contributed by atoms with Gasteiger partial charge in [0.2, 0.25) is 0 Å². The van der Waals surface area contributed by atoms with E-state index in [0.29, 0.717) is 33.4 Å². The van der Waals surface area contributed by atoms with Crippen molar-refractivity contribution in [3.8, 4) is 11.1 Å². The molecule has 0 N–H and O–H groups in total. The average Bonchev–Trinajstić information content (AvgIpc) is 3.36. The quantitative estimate of drug-likeness (QED) is 0.364. The minimum atomic E-state index is -4.39. The number of carbonyl (C=O) groups excluding carboxylic acids is 2. The van der Waals surface area contributed by atoms with Crippen LogP contribution < -0.4 is 0 Å². The van der Waals surface area contributed by atoms with Gasteiger partial charge in [0, 0.05) is 0 Å². The molecular weight excluding hydrogens is 393 g/mol. The number of hydrogen-bond donors (Lipinski definition) is 0. The van der Waals surface area contributed by atoms with Crippen molar-refractivity contribution in [1.29, 1.82) is 0 Å². The SMILES string of the molecule is Cc1cc(-c2ccc(C(F)(F)F)cc2)cc(C)c1C1C(=O)c2c(c3ccc2o3)C1=O.